The minimum atomic E-state index is -0.720. The number of piperidine rings is 1. The highest BCUT2D eigenvalue weighted by Gasteiger charge is 2.51. The van der Waals surface area contributed by atoms with Gasteiger partial charge in [0.15, 0.2) is 0 Å². The van der Waals surface area contributed by atoms with E-state index in [4.69, 9.17) is 5.11 Å². The van der Waals surface area contributed by atoms with E-state index in [0.717, 1.165) is 17.3 Å². The number of hydrogen-bond donors (Lipinski definition) is 1. The van der Waals surface area contributed by atoms with Crippen LogP contribution in [0.4, 0.5) is 0 Å². The lowest BCUT2D eigenvalue weighted by molar-refractivity contribution is -0.146. The van der Waals surface area contributed by atoms with Gasteiger partial charge < -0.3 is 10.0 Å². The molecule has 0 aromatic rings. The second-order valence-electron chi connectivity index (χ2n) is 4.82. The van der Waals surface area contributed by atoms with E-state index >= 15 is 0 Å². The van der Waals surface area contributed by atoms with Crippen molar-refractivity contribution in [3.05, 3.63) is 0 Å². The number of carboxylic acid groups (broad SMARTS) is 1. The Morgan fingerprint density at radius 2 is 1.88 bits per heavy atom. The van der Waals surface area contributed by atoms with Crippen molar-refractivity contribution in [2.45, 2.75) is 25.7 Å². The van der Waals surface area contributed by atoms with Gasteiger partial charge in [-0.05, 0) is 25.7 Å². The van der Waals surface area contributed by atoms with E-state index in [1.165, 1.54) is 0 Å². The third-order valence-electron chi connectivity index (χ3n) is 3.69. The number of likely N-dealkylation sites (tertiary alicyclic amines) is 1. The van der Waals surface area contributed by atoms with Gasteiger partial charge in [0.05, 0.1) is 11.3 Å². The highest BCUT2D eigenvalue weighted by atomic mass is 127. The molecule has 90 valence electrons. The Morgan fingerprint density at radius 1 is 1.31 bits per heavy atom. The number of nitrogens with zero attached hydrogens (tertiary/aromatic N) is 1. The third kappa shape index (κ3) is 2.19. The lowest BCUT2D eigenvalue weighted by Gasteiger charge is -2.32. The second kappa shape index (κ2) is 4.50. The summed E-state index contributed by atoms with van der Waals surface area (Å²) in [7, 11) is 0. The molecule has 1 aliphatic carbocycles. The maximum absolute atomic E-state index is 12.2. The molecule has 1 amide bonds. The summed E-state index contributed by atoms with van der Waals surface area (Å²) in [5.41, 5.74) is -0.0867. The van der Waals surface area contributed by atoms with Gasteiger partial charge in [-0.2, -0.15) is 0 Å². The van der Waals surface area contributed by atoms with Crippen molar-refractivity contribution >= 4 is 34.5 Å². The van der Waals surface area contributed by atoms with Crippen LogP contribution in [0.25, 0.3) is 0 Å². The third-order valence-corrected chi connectivity index (χ3v) is 5.15. The van der Waals surface area contributed by atoms with Gasteiger partial charge in [0.2, 0.25) is 5.91 Å². The van der Waals surface area contributed by atoms with Crippen LogP contribution in [-0.2, 0) is 9.59 Å². The number of hydrogen-bond acceptors (Lipinski definition) is 2. The van der Waals surface area contributed by atoms with E-state index in [9.17, 15) is 9.59 Å². The molecule has 0 aromatic heterocycles. The topological polar surface area (TPSA) is 57.6 Å². The SMILES string of the molecule is O=C(O)C1CCN(C(=O)C2(CI)CC2)CC1. The predicted octanol–water partition coefficient (Wildman–Crippen LogP) is 1.52. The summed E-state index contributed by atoms with van der Waals surface area (Å²) in [6, 6.07) is 0. The highest BCUT2D eigenvalue weighted by molar-refractivity contribution is 14.1. The smallest absolute Gasteiger partial charge is 0.306 e. The molecule has 0 radical (unpaired) electrons. The van der Waals surface area contributed by atoms with E-state index in [0.29, 0.717) is 25.9 Å². The molecule has 1 saturated heterocycles. The molecule has 0 atom stereocenters. The standard InChI is InChI=1S/C11H16INO3/c12-7-11(3-4-11)10(16)13-5-1-8(2-6-13)9(14)15/h8H,1-7H2,(H,14,15). The van der Waals surface area contributed by atoms with Crippen LogP contribution in [0.2, 0.25) is 0 Å². The fourth-order valence-electron chi connectivity index (χ4n) is 2.22. The fourth-order valence-corrected chi connectivity index (χ4v) is 3.31. The van der Waals surface area contributed by atoms with Crippen molar-refractivity contribution < 1.29 is 14.7 Å². The number of rotatable bonds is 3. The number of carbonyl (C=O) groups excluding carboxylic acids is 1. The lowest BCUT2D eigenvalue weighted by atomic mass is 9.95. The van der Waals surface area contributed by atoms with Crippen molar-refractivity contribution in [1.82, 2.24) is 4.90 Å². The maximum atomic E-state index is 12.2. The first-order valence-corrected chi connectivity index (χ1v) is 7.20. The Bertz CT molecular complexity index is 306. The van der Waals surface area contributed by atoms with Gasteiger partial charge >= 0.3 is 5.97 Å². The summed E-state index contributed by atoms with van der Waals surface area (Å²) in [5, 5.41) is 8.88. The highest BCUT2D eigenvalue weighted by Crippen LogP contribution is 2.49. The van der Waals surface area contributed by atoms with Crippen LogP contribution in [0.1, 0.15) is 25.7 Å². The van der Waals surface area contributed by atoms with E-state index in [-0.39, 0.29) is 17.2 Å². The maximum Gasteiger partial charge on any atom is 0.306 e. The molecule has 2 aliphatic rings. The molecular formula is C11H16INO3. The van der Waals surface area contributed by atoms with Crippen molar-refractivity contribution in [2.24, 2.45) is 11.3 Å². The van der Waals surface area contributed by atoms with Crippen LogP contribution in [0.15, 0.2) is 0 Å². The largest absolute Gasteiger partial charge is 0.481 e. The van der Waals surface area contributed by atoms with Crippen molar-refractivity contribution in [1.29, 1.82) is 0 Å². The molecule has 5 heteroatoms. The minimum absolute atomic E-state index is 0.0867. The Kier molecular flexibility index (Phi) is 3.42. The molecule has 2 fully saturated rings. The number of alkyl halides is 1. The molecule has 1 N–H and O–H groups in total. The first-order chi connectivity index (χ1) is 7.59. The molecule has 0 spiro atoms. The number of aliphatic carboxylic acids is 1. The summed E-state index contributed by atoms with van der Waals surface area (Å²) >= 11 is 2.28. The number of carboxylic acids is 1. The molecular weight excluding hydrogens is 321 g/mol. The Labute approximate surface area is 109 Å². The van der Waals surface area contributed by atoms with Crippen LogP contribution < -0.4 is 0 Å². The Morgan fingerprint density at radius 3 is 2.25 bits per heavy atom. The quantitative estimate of drug-likeness (QED) is 0.628. The molecule has 0 aromatic carbocycles. The van der Waals surface area contributed by atoms with E-state index in [1.807, 2.05) is 4.90 Å². The van der Waals surface area contributed by atoms with E-state index in [1.54, 1.807) is 0 Å². The van der Waals surface area contributed by atoms with E-state index in [2.05, 4.69) is 22.6 Å². The zero-order chi connectivity index (χ0) is 11.8. The average molecular weight is 337 g/mol. The molecule has 2 rings (SSSR count). The van der Waals surface area contributed by atoms with Crippen molar-refractivity contribution in [2.75, 3.05) is 17.5 Å². The van der Waals surface area contributed by atoms with Gasteiger partial charge in [0, 0.05) is 17.5 Å². The summed E-state index contributed by atoms with van der Waals surface area (Å²) < 4.78 is 0.891. The van der Waals surface area contributed by atoms with Crippen molar-refractivity contribution in [3.8, 4) is 0 Å². The van der Waals surface area contributed by atoms with Crippen LogP contribution >= 0.6 is 22.6 Å². The predicted molar refractivity (Wildman–Crippen MR) is 67.5 cm³/mol. The molecule has 0 unspecified atom stereocenters. The number of carbonyl (C=O) groups is 2. The van der Waals surface area contributed by atoms with Crippen LogP contribution in [0.3, 0.4) is 0 Å². The molecule has 1 saturated carbocycles. The monoisotopic (exact) mass is 337 g/mol. The van der Waals surface area contributed by atoms with Crippen molar-refractivity contribution in [3.63, 3.8) is 0 Å². The summed E-state index contributed by atoms with van der Waals surface area (Å²) in [4.78, 5) is 24.8. The molecule has 16 heavy (non-hydrogen) atoms. The van der Waals surface area contributed by atoms with Crippen LogP contribution in [0, 0.1) is 11.3 Å². The van der Waals surface area contributed by atoms with Gasteiger partial charge in [0.25, 0.3) is 0 Å². The number of amides is 1. The first kappa shape index (κ1) is 12.1. The average Bonchev–Trinajstić information content (AvgIpc) is 3.09. The second-order valence-corrected chi connectivity index (χ2v) is 5.58. The first-order valence-electron chi connectivity index (χ1n) is 5.67. The summed E-state index contributed by atoms with van der Waals surface area (Å²) in [6.07, 6.45) is 3.23. The minimum Gasteiger partial charge on any atom is -0.481 e. The molecule has 1 aliphatic heterocycles. The molecule has 0 bridgehead atoms. The molecule has 4 nitrogen and oxygen atoms in total. The fraction of sp³-hybridized carbons (Fsp3) is 0.818. The van der Waals surface area contributed by atoms with Gasteiger partial charge in [-0.15, -0.1) is 0 Å². The normalized spacial score (nSPS) is 24.2. The van der Waals surface area contributed by atoms with Gasteiger partial charge in [-0.3, -0.25) is 9.59 Å². The Hall–Kier alpha value is -0.330. The Balaban J connectivity index is 1.89. The van der Waals surface area contributed by atoms with Crippen LogP contribution in [0.5, 0.6) is 0 Å². The molecule has 1 heterocycles. The van der Waals surface area contributed by atoms with Gasteiger partial charge in [-0.25, -0.2) is 0 Å². The van der Waals surface area contributed by atoms with Gasteiger partial charge in [0.1, 0.15) is 0 Å². The zero-order valence-corrected chi connectivity index (χ0v) is 11.3. The lowest BCUT2D eigenvalue weighted by Crippen LogP contribution is -2.44. The van der Waals surface area contributed by atoms with Crippen LogP contribution in [-0.4, -0.2) is 39.4 Å². The zero-order valence-electron chi connectivity index (χ0n) is 9.12. The van der Waals surface area contributed by atoms with Gasteiger partial charge in [-0.1, -0.05) is 22.6 Å². The number of halogens is 1. The summed E-state index contributed by atoms with van der Waals surface area (Å²) in [5.74, 6) is -0.716. The summed E-state index contributed by atoms with van der Waals surface area (Å²) in [6.45, 7) is 1.24. The van der Waals surface area contributed by atoms with E-state index < -0.39 is 5.97 Å².